The van der Waals surface area contributed by atoms with Gasteiger partial charge in [-0.3, -0.25) is 9.59 Å². The Morgan fingerprint density at radius 3 is 2.54 bits per heavy atom. The van der Waals surface area contributed by atoms with E-state index in [0.717, 1.165) is 45.4 Å². The van der Waals surface area contributed by atoms with Gasteiger partial charge in [0.25, 0.3) is 0 Å². The van der Waals surface area contributed by atoms with Gasteiger partial charge >= 0.3 is 0 Å². The Labute approximate surface area is 168 Å². The number of fused-ring (bicyclic) bond motifs is 1. The molecule has 28 heavy (non-hydrogen) atoms. The molecule has 2 N–H and O–H groups in total. The number of likely N-dealkylation sites (N-methyl/N-ethyl adjacent to an activating group) is 1. The molecule has 0 bridgehead atoms. The predicted octanol–water partition coefficient (Wildman–Crippen LogP) is 1.26. The molecular formula is C22H34N4O2. The Kier molecular flexibility index (Phi) is 7.08. The third kappa shape index (κ3) is 4.92. The molecule has 3 rings (SSSR count). The number of benzene rings is 1. The zero-order chi connectivity index (χ0) is 20.1. The lowest BCUT2D eigenvalue weighted by Gasteiger charge is -2.39. The van der Waals surface area contributed by atoms with Crippen LogP contribution in [0.4, 0.5) is 0 Å². The molecule has 154 valence electrons. The largest absolute Gasteiger partial charge is 0.343 e. The Balaban J connectivity index is 1.55. The highest BCUT2D eigenvalue weighted by Crippen LogP contribution is 2.32. The summed E-state index contributed by atoms with van der Waals surface area (Å²) in [6, 6.07) is 10.1. The second-order valence-corrected chi connectivity index (χ2v) is 8.21. The minimum atomic E-state index is -0.484. The maximum absolute atomic E-state index is 13.0. The first-order valence-electron chi connectivity index (χ1n) is 10.5. The van der Waals surface area contributed by atoms with E-state index >= 15 is 0 Å². The highest BCUT2D eigenvalue weighted by molar-refractivity contribution is 5.89. The molecule has 0 saturated carbocycles. The van der Waals surface area contributed by atoms with Crippen LogP contribution < -0.4 is 10.6 Å². The van der Waals surface area contributed by atoms with E-state index in [1.165, 1.54) is 5.56 Å². The smallest absolute Gasteiger partial charge is 0.245 e. The lowest BCUT2D eigenvalue weighted by atomic mass is 9.92. The van der Waals surface area contributed by atoms with E-state index in [1.807, 2.05) is 11.0 Å². The van der Waals surface area contributed by atoms with Gasteiger partial charge in [-0.15, -0.1) is 0 Å². The molecule has 0 unspecified atom stereocenters. The van der Waals surface area contributed by atoms with E-state index in [0.29, 0.717) is 5.92 Å². The summed E-state index contributed by atoms with van der Waals surface area (Å²) in [5.74, 6) is 0.511. The van der Waals surface area contributed by atoms with Gasteiger partial charge in [-0.25, -0.2) is 0 Å². The lowest BCUT2D eigenvalue weighted by molar-refractivity contribution is -0.138. The third-order valence-electron chi connectivity index (χ3n) is 6.34. The zero-order valence-corrected chi connectivity index (χ0v) is 17.4. The van der Waals surface area contributed by atoms with Crippen molar-refractivity contribution >= 4 is 11.8 Å². The summed E-state index contributed by atoms with van der Waals surface area (Å²) in [5.41, 5.74) is 1.36. The molecule has 0 spiro atoms. The molecule has 4 atom stereocenters. The number of nitrogens with one attached hydrogen (secondary N) is 2. The van der Waals surface area contributed by atoms with Crippen LogP contribution in [0.2, 0.25) is 0 Å². The van der Waals surface area contributed by atoms with Crippen LogP contribution >= 0.6 is 0 Å². The number of nitrogens with zero attached hydrogens (tertiary/aromatic N) is 2. The van der Waals surface area contributed by atoms with Crippen LogP contribution in [-0.2, 0) is 16.0 Å². The van der Waals surface area contributed by atoms with Gasteiger partial charge in [0.05, 0.1) is 6.04 Å². The van der Waals surface area contributed by atoms with Gasteiger partial charge in [0.2, 0.25) is 11.8 Å². The Morgan fingerprint density at radius 1 is 1.11 bits per heavy atom. The summed E-state index contributed by atoms with van der Waals surface area (Å²) in [6.07, 6.45) is 3.28. The summed E-state index contributed by atoms with van der Waals surface area (Å²) in [7, 11) is 1.74. The molecule has 0 aromatic heterocycles. The fourth-order valence-electron chi connectivity index (χ4n) is 4.39. The third-order valence-corrected chi connectivity index (χ3v) is 6.34. The summed E-state index contributed by atoms with van der Waals surface area (Å²) >= 11 is 0. The van der Waals surface area contributed by atoms with Crippen LogP contribution in [0.25, 0.3) is 0 Å². The average molecular weight is 387 g/mol. The van der Waals surface area contributed by atoms with Gasteiger partial charge in [-0.1, -0.05) is 30.3 Å². The maximum atomic E-state index is 13.0. The van der Waals surface area contributed by atoms with Gasteiger partial charge in [-0.2, -0.15) is 0 Å². The molecule has 2 aliphatic heterocycles. The molecule has 0 radical (unpaired) electrons. The van der Waals surface area contributed by atoms with E-state index in [9.17, 15) is 9.59 Å². The average Bonchev–Trinajstić information content (AvgIpc) is 3.14. The van der Waals surface area contributed by atoms with E-state index in [2.05, 4.69) is 39.8 Å². The van der Waals surface area contributed by atoms with Gasteiger partial charge in [0, 0.05) is 25.7 Å². The maximum Gasteiger partial charge on any atom is 0.245 e. The molecule has 6 heteroatoms. The van der Waals surface area contributed by atoms with Crippen molar-refractivity contribution < 1.29 is 9.59 Å². The number of hydrogen-bond donors (Lipinski definition) is 2. The van der Waals surface area contributed by atoms with Crippen molar-refractivity contribution in [2.24, 2.45) is 5.92 Å². The van der Waals surface area contributed by atoms with E-state index in [4.69, 9.17) is 0 Å². The minimum Gasteiger partial charge on any atom is -0.343 e. The molecular weight excluding hydrogens is 352 g/mol. The quantitative estimate of drug-likeness (QED) is 0.741. The standard InChI is InChI=1S/C22H34N4O2/c1-16(23-3)21(27)24-17(2)22(28)26-14-11-19-10-13-25(15-20(19)26)12-9-18-7-5-4-6-8-18/h4-8,16-17,19-20,23H,9-15H2,1-3H3,(H,24,27)/t16-,17-,19+,20+/m0/s1. The number of carbonyl (C=O) groups excluding carboxylic acids is 2. The summed E-state index contributed by atoms with van der Waals surface area (Å²) in [6.45, 7) is 7.48. The monoisotopic (exact) mass is 386 g/mol. The topological polar surface area (TPSA) is 64.7 Å². The number of hydrogen-bond acceptors (Lipinski definition) is 4. The summed E-state index contributed by atoms with van der Waals surface area (Å²) in [4.78, 5) is 29.6. The van der Waals surface area contributed by atoms with Crippen molar-refractivity contribution in [3.05, 3.63) is 35.9 Å². The normalized spacial score (nSPS) is 24.5. The van der Waals surface area contributed by atoms with Crippen LogP contribution in [0.15, 0.2) is 30.3 Å². The predicted molar refractivity (Wildman–Crippen MR) is 111 cm³/mol. The molecule has 1 aromatic rings. The Morgan fingerprint density at radius 2 is 1.82 bits per heavy atom. The number of piperidine rings is 1. The van der Waals surface area contributed by atoms with Crippen molar-refractivity contribution in [3.63, 3.8) is 0 Å². The number of amides is 2. The van der Waals surface area contributed by atoms with Crippen molar-refractivity contribution in [3.8, 4) is 0 Å². The SMILES string of the molecule is CN[C@@H](C)C(=O)N[C@@H](C)C(=O)N1CC[C@H]2CCN(CCc3ccccc3)C[C@H]21. The molecule has 1 aromatic carbocycles. The van der Waals surface area contributed by atoms with Crippen LogP contribution in [-0.4, -0.2) is 73.0 Å². The first kappa shape index (κ1) is 20.8. The van der Waals surface area contributed by atoms with Crippen molar-refractivity contribution in [2.45, 2.75) is 51.2 Å². The Hall–Kier alpha value is -1.92. The highest BCUT2D eigenvalue weighted by atomic mass is 16.2. The number of rotatable bonds is 7. The minimum absolute atomic E-state index is 0.0501. The van der Waals surface area contributed by atoms with Crippen molar-refractivity contribution in [2.75, 3.05) is 33.2 Å². The summed E-state index contributed by atoms with van der Waals surface area (Å²) in [5, 5.41) is 5.77. The molecule has 0 aliphatic carbocycles. The second kappa shape index (κ2) is 9.52. The molecule has 2 fully saturated rings. The number of carbonyl (C=O) groups is 2. The van der Waals surface area contributed by atoms with Crippen molar-refractivity contribution in [1.82, 2.24) is 20.4 Å². The van der Waals surface area contributed by atoms with Crippen LogP contribution in [0.3, 0.4) is 0 Å². The second-order valence-electron chi connectivity index (χ2n) is 8.21. The molecule has 2 amide bonds. The molecule has 6 nitrogen and oxygen atoms in total. The van der Waals surface area contributed by atoms with Crippen LogP contribution in [0.1, 0.15) is 32.3 Å². The highest BCUT2D eigenvalue weighted by Gasteiger charge is 2.41. The van der Waals surface area contributed by atoms with E-state index in [1.54, 1.807) is 20.9 Å². The van der Waals surface area contributed by atoms with Gasteiger partial charge in [0.1, 0.15) is 6.04 Å². The van der Waals surface area contributed by atoms with E-state index < -0.39 is 6.04 Å². The summed E-state index contributed by atoms with van der Waals surface area (Å²) < 4.78 is 0. The van der Waals surface area contributed by atoms with Crippen LogP contribution in [0.5, 0.6) is 0 Å². The van der Waals surface area contributed by atoms with E-state index in [-0.39, 0.29) is 23.9 Å². The lowest BCUT2D eigenvalue weighted by Crippen LogP contribution is -2.55. The first-order chi connectivity index (χ1) is 13.5. The first-order valence-corrected chi connectivity index (χ1v) is 10.5. The molecule has 2 heterocycles. The molecule has 2 aliphatic rings. The van der Waals surface area contributed by atoms with Gasteiger partial charge in [-0.05, 0) is 58.2 Å². The molecule has 2 saturated heterocycles. The fraction of sp³-hybridized carbons (Fsp3) is 0.636. The van der Waals surface area contributed by atoms with Gasteiger partial charge < -0.3 is 20.4 Å². The zero-order valence-electron chi connectivity index (χ0n) is 17.4. The number of likely N-dealkylation sites (tertiary alicyclic amines) is 2. The van der Waals surface area contributed by atoms with Gasteiger partial charge in [0.15, 0.2) is 0 Å². The Bertz CT molecular complexity index is 666. The fourth-order valence-corrected chi connectivity index (χ4v) is 4.39. The van der Waals surface area contributed by atoms with Crippen molar-refractivity contribution in [1.29, 1.82) is 0 Å². The van der Waals surface area contributed by atoms with Crippen LogP contribution in [0, 0.1) is 5.92 Å².